The SMILES string of the molecule is CCCn1c(=O)n(CCCCc2noc(-c3ccc(Cl)cn3)n2)c(=O)c2[nH]c(Cl)nc21. The van der Waals surface area contributed by atoms with Crippen molar-refractivity contribution in [2.24, 2.45) is 0 Å². The molecule has 4 aromatic rings. The highest BCUT2D eigenvalue weighted by molar-refractivity contribution is 6.30. The number of aromatic amines is 1. The van der Waals surface area contributed by atoms with E-state index in [1.54, 1.807) is 12.1 Å². The van der Waals surface area contributed by atoms with Crippen LogP contribution in [0.2, 0.25) is 10.3 Å². The van der Waals surface area contributed by atoms with E-state index in [4.69, 9.17) is 27.7 Å². The Balaban J connectivity index is 1.45. The first-order valence-corrected chi connectivity index (χ1v) is 10.6. The van der Waals surface area contributed by atoms with Crippen molar-refractivity contribution in [2.75, 3.05) is 0 Å². The number of unbranched alkanes of at least 4 members (excludes halogenated alkanes) is 1. The van der Waals surface area contributed by atoms with Gasteiger partial charge in [0.1, 0.15) is 5.69 Å². The van der Waals surface area contributed by atoms with Crippen molar-refractivity contribution in [1.29, 1.82) is 0 Å². The maximum atomic E-state index is 12.8. The van der Waals surface area contributed by atoms with Crippen molar-refractivity contribution in [2.45, 2.75) is 45.7 Å². The van der Waals surface area contributed by atoms with E-state index in [1.807, 2.05) is 6.92 Å². The van der Waals surface area contributed by atoms with Crippen LogP contribution in [0, 0.1) is 0 Å². The number of halogens is 2. The van der Waals surface area contributed by atoms with E-state index < -0.39 is 11.2 Å². The van der Waals surface area contributed by atoms with Gasteiger partial charge in [-0.05, 0) is 43.0 Å². The number of hydrogen-bond donors (Lipinski definition) is 1. The fourth-order valence-corrected chi connectivity index (χ4v) is 3.56. The number of rotatable bonds is 8. The normalized spacial score (nSPS) is 11.5. The fraction of sp³-hybridized carbons (Fsp3) is 0.368. The molecule has 1 N–H and O–H groups in total. The van der Waals surface area contributed by atoms with E-state index in [0.29, 0.717) is 48.2 Å². The lowest BCUT2D eigenvalue weighted by molar-refractivity contribution is 0.419. The van der Waals surface area contributed by atoms with Crippen molar-refractivity contribution in [3.63, 3.8) is 0 Å². The Morgan fingerprint density at radius 3 is 2.68 bits per heavy atom. The Kier molecular flexibility index (Phi) is 6.19. The first-order valence-electron chi connectivity index (χ1n) is 9.81. The minimum absolute atomic E-state index is 0.0807. The summed E-state index contributed by atoms with van der Waals surface area (Å²) in [6.45, 7) is 2.65. The van der Waals surface area contributed by atoms with Gasteiger partial charge in [-0.2, -0.15) is 9.97 Å². The quantitative estimate of drug-likeness (QED) is 0.314. The van der Waals surface area contributed by atoms with Gasteiger partial charge in [-0.1, -0.05) is 23.7 Å². The van der Waals surface area contributed by atoms with Crippen LogP contribution in [0.5, 0.6) is 0 Å². The van der Waals surface area contributed by atoms with Gasteiger partial charge in [-0.3, -0.25) is 13.9 Å². The number of H-pyrrole nitrogens is 1. The molecule has 0 aromatic carbocycles. The molecule has 10 nitrogen and oxygen atoms in total. The van der Waals surface area contributed by atoms with Crippen LogP contribution in [0.15, 0.2) is 32.4 Å². The zero-order valence-corrected chi connectivity index (χ0v) is 18.2. The molecular weight excluding hydrogens is 445 g/mol. The molecule has 0 fully saturated rings. The van der Waals surface area contributed by atoms with E-state index in [0.717, 1.165) is 6.42 Å². The Hall–Kier alpha value is -2.98. The topological polar surface area (TPSA) is 124 Å². The van der Waals surface area contributed by atoms with Gasteiger partial charge in [0.05, 0.1) is 5.02 Å². The van der Waals surface area contributed by atoms with Crippen LogP contribution in [0.25, 0.3) is 22.7 Å². The first-order chi connectivity index (χ1) is 15.0. The molecule has 0 saturated carbocycles. The molecule has 0 spiro atoms. The second kappa shape index (κ2) is 9.03. The minimum atomic E-state index is -0.428. The van der Waals surface area contributed by atoms with Crippen LogP contribution >= 0.6 is 23.2 Å². The van der Waals surface area contributed by atoms with Gasteiger partial charge in [0.2, 0.25) is 5.28 Å². The Labute approximate surface area is 185 Å². The maximum absolute atomic E-state index is 12.8. The number of aromatic nitrogens is 7. The van der Waals surface area contributed by atoms with Crippen LogP contribution in [0.4, 0.5) is 0 Å². The smallest absolute Gasteiger partial charge is 0.332 e. The average Bonchev–Trinajstić information content (AvgIpc) is 3.38. The summed E-state index contributed by atoms with van der Waals surface area (Å²) >= 11 is 11.7. The number of fused-ring (bicyclic) bond motifs is 1. The summed E-state index contributed by atoms with van der Waals surface area (Å²) in [6, 6.07) is 3.39. The lowest BCUT2D eigenvalue weighted by atomic mass is 10.2. The van der Waals surface area contributed by atoms with Gasteiger partial charge >= 0.3 is 5.69 Å². The molecule has 0 aliphatic heterocycles. The first kappa shape index (κ1) is 21.3. The van der Waals surface area contributed by atoms with Crippen LogP contribution < -0.4 is 11.2 Å². The number of hydrogen-bond acceptors (Lipinski definition) is 7. The Morgan fingerprint density at radius 2 is 1.94 bits per heavy atom. The van der Waals surface area contributed by atoms with Crippen LogP contribution in [-0.2, 0) is 19.5 Å². The molecule has 4 aromatic heterocycles. The van der Waals surface area contributed by atoms with Crippen molar-refractivity contribution < 1.29 is 4.52 Å². The molecule has 162 valence electrons. The Morgan fingerprint density at radius 1 is 1.10 bits per heavy atom. The fourth-order valence-electron chi connectivity index (χ4n) is 3.28. The lowest BCUT2D eigenvalue weighted by Crippen LogP contribution is -2.40. The van der Waals surface area contributed by atoms with E-state index in [9.17, 15) is 9.59 Å². The minimum Gasteiger partial charge on any atom is -0.332 e. The molecule has 12 heteroatoms. The van der Waals surface area contributed by atoms with Crippen LogP contribution in [0.3, 0.4) is 0 Å². The highest BCUT2D eigenvalue weighted by Gasteiger charge is 2.16. The number of nitrogens with one attached hydrogen (secondary N) is 1. The van der Waals surface area contributed by atoms with Gasteiger partial charge in [0.25, 0.3) is 11.4 Å². The largest absolute Gasteiger partial charge is 0.332 e. The van der Waals surface area contributed by atoms with Gasteiger partial charge in [0.15, 0.2) is 17.0 Å². The third kappa shape index (κ3) is 4.40. The Bertz CT molecular complexity index is 1320. The van der Waals surface area contributed by atoms with Gasteiger partial charge in [-0.15, -0.1) is 0 Å². The summed E-state index contributed by atoms with van der Waals surface area (Å²) in [5, 5.41) is 4.56. The second-order valence-corrected chi connectivity index (χ2v) is 7.75. The molecule has 4 heterocycles. The van der Waals surface area contributed by atoms with Crippen molar-refractivity contribution >= 4 is 34.4 Å². The van der Waals surface area contributed by atoms with Crippen molar-refractivity contribution in [3.05, 3.63) is 55.3 Å². The molecule has 0 saturated heterocycles. The third-order valence-electron chi connectivity index (χ3n) is 4.73. The van der Waals surface area contributed by atoms with Gasteiger partial charge in [-0.25, -0.2) is 9.78 Å². The molecule has 0 unspecified atom stereocenters. The lowest BCUT2D eigenvalue weighted by Gasteiger charge is -2.10. The summed E-state index contributed by atoms with van der Waals surface area (Å²) in [5.41, 5.74) is 0.239. The molecule has 0 atom stereocenters. The monoisotopic (exact) mass is 463 g/mol. The molecule has 0 aliphatic carbocycles. The number of nitrogens with zero attached hydrogens (tertiary/aromatic N) is 6. The summed E-state index contributed by atoms with van der Waals surface area (Å²) in [7, 11) is 0. The summed E-state index contributed by atoms with van der Waals surface area (Å²) in [5.74, 6) is 0.838. The standard InChI is InChI=1S/C19H19Cl2N7O3/c1-2-8-27-15-14(24-18(21)25-15)17(29)28(19(27)30)9-4-3-5-13-23-16(31-26-13)12-7-6-11(20)10-22-12/h6-7,10H,2-5,8-9H2,1H3,(H,24,25). The van der Waals surface area contributed by atoms with Crippen molar-refractivity contribution in [3.8, 4) is 11.6 Å². The zero-order valence-electron chi connectivity index (χ0n) is 16.6. The number of pyridine rings is 1. The van der Waals surface area contributed by atoms with Crippen LogP contribution in [0.1, 0.15) is 32.0 Å². The van der Waals surface area contributed by atoms with E-state index >= 15 is 0 Å². The maximum Gasteiger partial charge on any atom is 0.332 e. The second-order valence-electron chi connectivity index (χ2n) is 6.95. The number of aryl methyl sites for hydroxylation is 2. The molecule has 0 amide bonds. The van der Waals surface area contributed by atoms with Crippen LogP contribution in [-0.4, -0.2) is 34.2 Å². The summed E-state index contributed by atoms with van der Waals surface area (Å²) in [6.07, 6.45) is 4.01. The molecule has 4 rings (SSSR count). The highest BCUT2D eigenvalue weighted by atomic mass is 35.5. The average molecular weight is 464 g/mol. The predicted octanol–water partition coefficient (Wildman–Crippen LogP) is 3.07. The van der Waals surface area contributed by atoms with Crippen molar-refractivity contribution in [1.82, 2.24) is 34.2 Å². The predicted molar refractivity (Wildman–Crippen MR) is 115 cm³/mol. The zero-order chi connectivity index (χ0) is 22.0. The van der Waals surface area contributed by atoms with Gasteiger partial charge in [0, 0.05) is 25.7 Å². The van der Waals surface area contributed by atoms with E-state index in [-0.39, 0.29) is 23.0 Å². The summed E-state index contributed by atoms with van der Waals surface area (Å²) in [4.78, 5) is 40.9. The molecule has 31 heavy (non-hydrogen) atoms. The van der Waals surface area contributed by atoms with E-state index in [2.05, 4.69) is 25.1 Å². The molecule has 0 radical (unpaired) electrons. The molecule has 0 bridgehead atoms. The molecular formula is C19H19Cl2N7O3. The summed E-state index contributed by atoms with van der Waals surface area (Å²) < 4.78 is 7.93. The third-order valence-corrected chi connectivity index (χ3v) is 5.13. The van der Waals surface area contributed by atoms with E-state index in [1.165, 1.54) is 15.3 Å². The molecule has 0 aliphatic rings. The number of imidazole rings is 1. The highest BCUT2D eigenvalue weighted by Crippen LogP contribution is 2.17. The van der Waals surface area contributed by atoms with Gasteiger partial charge < -0.3 is 9.51 Å².